The Kier molecular flexibility index (Phi) is 32.7. The Balaban J connectivity index is 4.06. The van der Waals surface area contributed by atoms with Gasteiger partial charge in [-0.25, -0.2) is 0 Å². The molecule has 0 saturated heterocycles. The predicted molar refractivity (Wildman–Crippen MR) is 189 cm³/mol. The second-order valence-electron chi connectivity index (χ2n) is 12.6. The number of unbranched alkanes of at least 4 members (excludes halogenated alkanes) is 16. The van der Waals surface area contributed by atoms with Gasteiger partial charge in [-0.1, -0.05) is 115 Å². The summed E-state index contributed by atoms with van der Waals surface area (Å²) in [6.45, 7) is 5.10. The molecule has 0 spiro atoms. The van der Waals surface area contributed by atoms with Crippen LogP contribution in [0.3, 0.4) is 0 Å². The van der Waals surface area contributed by atoms with Crippen LogP contribution in [0.2, 0.25) is 0 Å². The largest absolute Gasteiger partial charge is 0.481 e. The lowest BCUT2D eigenvalue weighted by Gasteiger charge is -2.18. The summed E-state index contributed by atoms with van der Waals surface area (Å²) in [5, 5.41) is 8.88. The molecule has 0 unspecified atom stereocenters. The Bertz CT molecular complexity index is 783. The van der Waals surface area contributed by atoms with E-state index in [0.717, 1.165) is 89.9 Å². The van der Waals surface area contributed by atoms with Crippen molar-refractivity contribution in [2.24, 2.45) is 0 Å². The lowest BCUT2D eigenvalue weighted by Crippen LogP contribution is -2.19. The molecule has 0 aromatic heterocycles. The number of aliphatic carboxylic acids is 1. The van der Waals surface area contributed by atoms with Crippen LogP contribution in [0.4, 0.5) is 0 Å². The molecule has 8 heteroatoms. The quantitative estimate of drug-likeness (QED) is 0.0313. The molecule has 0 atom stereocenters. The van der Waals surface area contributed by atoms with Gasteiger partial charge < -0.3 is 19.3 Å². The van der Waals surface area contributed by atoms with Crippen LogP contribution in [-0.2, 0) is 33.4 Å². The average molecular weight is 665 g/mol. The number of hydrogen-bond acceptors (Lipinski definition) is 7. The Morgan fingerprint density at radius 2 is 0.915 bits per heavy atom. The van der Waals surface area contributed by atoms with E-state index in [2.05, 4.69) is 26.0 Å². The highest BCUT2D eigenvalue weighted by atomic mass is 16.5. The fraction of sp³-hybridized carbons (Fsp3) is 0.795. The second-order valence-corrected chi connectivity index (χ2v) is 12.6. The van der Waals surface area contributed by atoms with Crippen molar-refractivity contribution < 1.29 is 38.5 Å². The van der Waals surface area contributed by atoms with Crippen molar-refractivity contribution >= 4 is 23.9 Å². The zero-order valence-corrected chi connectivity index (χ0v) is 30.0. The lowest BCUT2D eigenvalue weighted by atomic mass is 10.0. The molecule has 0 aliphatic rings. The monoisotopic (exact) mass is 664 g/mol. The number of allylic oxidation sites excluding steroid dienone is 2. The molecule has 8 nitrogen and oxygen atoms in total. The van der Waals surface area contributed by atoms with Gasteiger partial charge in [-0.3, -0.25) is 19.2 Å². The van der Waals surface area contributed by atoms with Crippen LogP contribution >= 0.6 is 0 Å². The fourth-order valence-electron chi connectivity index (χ4n) is 5.24. The fourth-order valence-corrected chi connectivity index (χ4v) is 5.24. The van der Waals surface area contributed by atoms with Crippen molar-refractivity contribution in [3.05, 3.63) is 24.3 Å². The zero-order valence-electron chi connectivity index (χ0n) is 30.0. The maximum Gasteiger partial charge on any atom is 0.306 e. The van der Waals surface area contributed by atoms with E-state index in [1.165, 1.54) is 51.4 Å². The Morgan fingerprint density at radius 1 is 0.489 bits per heavy atom. The molecule has 47 heavy (non-hydrogen) atoms. The minimum absolute atomic E-state index is 0.110. The SMILES string of the molecule is CCCCCC/C=C\COC(=O)CCCCCCCC(CCCCCCCC(=O)OC/C=C\CCCCCC)OC(=O)CCC(=O)O. The highest BCUT2D eigenvalue weighted by molar-refractivity contribution is 5.76. The first-order valence-electron chi connectivity index (χ1n) is 18.9. The van der Waals surface area contributed by atoms with Gasteiger partial charge in [0.15, 0.2) is 0 Å². The van der Waals surface area contributed by atoms with E-state index >= 15 is 0 Å². The van der Waals surface area contributed by atoms with Crippen LogP contribution in [0.25, 0.3) is 0 Å². The number of carbonyl (C=O) groups excluding carboxylic acids is 3. The van der Waals surface area contributed by atoms with Gasteiger partial charge >= 0.3 is 23.9 Å². The van der Waals surface area contributed by atoms with Gasteiger partial charge in [0.1, 0.15) is 19.3 Å². The molecular formula is C39H68O8. The predicted octanol–water partition coefficient (Wildman–Crippen LogP) is 10.4. The number of carboxylic acid groups (broad SMARTS) is 1. The molecule has 0 rings (SSSR count). The van der Waals surface area contributed by atoms with Crippen molar-refractivity contribution in [3.8, 4) is 0 Å². The molecule has 0 fully saturated rings. The standard InChI is InChI=1S/C39H68O8/c1-3-5-7-9-11-19-25-33-45-37(42)29-23-17-13-15-21-27-35(47-39(44)32-31-36(40)41)28-22-16-14-18-24-30-38(43)46-34-26-20-12-10-8-6-4-2/h19-20,25-26,35H,3-18,21-24,27-34H2,1-2H3,(H,40,41)/b25-19-,26-20-. The van der Waals surface area contributed by atoms with Gasteiger partial charge in [0.25, 0.3) is 0 Å². The first-order chi connectivity index (χ1) is 22.9. The Hall–Kier alpha value is -2.64. The third kappa shape index (κ3) is 34.5. The third-order valence-corrected chi connectivity index (χ3v) is 8.12. The first kappa shape index (κ1) is 44.4. The minimum Gasteiger partial charge on any atom is -0.481 e. The summed E-state index contributed by atoms with van der Waals surface area (Å²) < 4.78 is 16.2. The highest BCUT2D eigenvalue weighted by Crippen LogP contribution is 2.18. The molecule has 272 valence electrons. The maximum absolute atomic E-state index is 12.2. The van der Waals surface area contributed by atoms with Gasteiger partial charge in [0, 0.05) is 12.8 Å². The smallest absolute Gasteiger partial charge is 0.306 e. The Morgan fingerprint density at radius 3 is 1.36 bits per heavy atom. The van der Waals surface area contributed by atoms with Crippen molar-refractivity contribution in [1.29, 1.82) is 0 Å². The van der Waals surface area contributed by atoms with Gasteiger partial charge in [-0.2, -0.15) is 0 Å². The van der Waals surface area contributed by atoms with Gasteiger partial charge in [-0.05, 0) is 64.2 Å². The van der Waals surface area contributed by atoms with Crippen molar-refractivity contribution in [2.45, 2.75) is 187 Å². The summed E-state index contributed by atoms with van der Waals surface area (Å²) in [7, 11) is 0. The van der Waals surface area contributed by atoms with Crippen molar-refractivity contribution in [1.82, 2.24) is 0 Å². The van der Waals surface area contributed by atoms with E-state index in [1.807, 2.05) is 12.2 Å². The van der Waals surface area contributed by atoms with Crippen LogP contribution in [0, 0.1) is 0 Å². The molecule has 0 aromatic carbocycles. The molecule has 0 bridgehead atoms. The highest BCUT2D eigenvalue weighted by Gasteiger charge is 2.15. The van der Waals surface area contributed by atoms with Crippen molar-refractivity contribution in [3.63, 3.8) is 0 Å². The molecule has 0 aromatic rings. The molecular weight excluding hydrogens is 596 g/mol. The van der Waals surface area contributed by atoms with Gasteiger partial charge in [0.05, 0.1) is 12.8 Å². The van der Waals surface area contributed by atoms with Gasteiger partial charge in [-0.15, -0.1) is 0 Å². The molecule has 0 aliphatic carbocycles. The Labute approximate surface area is 286 Å². The van der Waals surface area contributed by atoms with E-state index in [1.54, 1.807) is 0 Å². The number of esters is 3. The third-order valence-electron chi connectivity index (χ3n) is 8.12. The first-order valence-corrected chi connectivity index (χ1v) is 18.9. The van der Waals surface area contributed by atoms with Crippen LogP contribution in [0.15, 0.2) is 24.3 Å². The number of carbonyl (C=O) groups is 4. The summed E-state index contributed by atoms with van der Waals surface area (Å²) in [5.74, 6) is -1.75. The lowest BCUT2D eigenvalue weighted by molar-refractivity contribution is -0.152. The minimum atomic E-state index is -1.00. The molecule has 0 heterocycles. The van der Waals surface area contributed by atoms with E-state index in [-0.39, 0.29) is 30.9 Å². The van der Waals surface area contributed by atoms with E-state index in [4.69, 9.17) is 19.3 Å². The van der Waals surface area contributed by atoms with E-state index in [9.17, 15) is 19.2 Å². The topological polar surface area (TPSA) is 116 Å². The summed E-state index contributed by atoms with van der Waals surface area (Å²) in [6, 6.07) is 0. The second kappa shape index (κ2) is 34.7. The molecule has 0 amide bonds. The summed E-state index contributed by atoms with van der Waals surface area (Å²) >= 11 is 0. The van der Waals surface area contributed by atoms with E-state index < -0.39 is 11.9 Å². The van der Waals surface area contributed by atoms with Gasteiger partial charge in [0.2, 0.25) is 0 Å². The van der Waals surface area contributed by atoms with Crippen LogP contribution < -0.4 is 0 Å². The zero-order chi connectivity index (χ0) is 34.6. The normalized spacial score (nSPS) is 11.5. The maximum atomic E-state index is 12.2. The van der Waals surface area contributed by atoms with Crippen LogP contribution in [0.1, 0.15) is 181 Å². The summed E-state index contributed by atoms with van der Waals surface area (Å²) in [5.41, 5.74) is 0. The number of hydrogen-bond donors (Lipinski definition) is 1. The van der Waals surface area contributed by atoms with Crippen LogP contribution in [0.5, 0.6) is 0 Å². The number of carboxylic acids is 1. The summed E-state index contributed by atoms with van der Waals surface area (Å²) in [4.78, 5) is 46.9. The average Bonchev–Trinajstić information content (AvgIpc) is 3.05. The number of ether oxygens (including phenoxy) is 3. The molecule has 0 radical (unpaired) electrons. The van der Waals surface area contributed by atoms with Crippen molar-refractivity contribution in [2.75, 3.05) is 13.2 Å². The molecule has 0 saturated carbocycles. The molecule has 0 aliphatic heterocycles. The van der Waals surface area contributed by atoms with E-state index in [0.29, 0.717) is 26.1 Å². The molecule has 1 N–H and O–H groups in total. The summed E-state index contributed by atoms with van der Waals surface area (Å²) in [6.07, 6.45) is 31.2. The van der Waals surface area contributed by atoms with Crippen LogP contribution in [-0.4, -0.2) is 48.3 Å². The number of rotatable bonds is 34.